The molecule has 5 heteroatoms. The van der Waals surface area contributed by atoms with Gasteiger partial charge < -0.3 is 0 Å². The van der Waals surface area contributed by atoms with E-state index in [9.17, 15) is 8.78 Å². The van der Waals surface area contributed by atoms with E-state index in [1.165, 1.54) is 6.07 Å². The Labute approximate surface area is 87.6 Å². The lowest BCUT2D eigenvalue weighted by Crippen LogP contribution is -1.87. The number of alkyl halides is 2. The van der Waals surface area contributed by atoms with Crippen LogP contribution in [-0.2, 0) is 7.05 Å². The van der Waals surface area contributed by atoms with Crippen LogP contribution in [0.2, 0.25) is 0 Å². The Morgan fingerprint density at radius 2 is 2.14 bits per heavy atom. The molecule has 0 saturated heterocycles. The molecule has 2 rings (SSSR count). The van der Waals surface area contributed by atoms with Crippen molar-refractivity contribution in [3.63, 3.8) is 0 Å². The van der Waals surface area contributed by atoms with Crippen molar-refractivity contribution < 1.29 is 8.78 Å². The van der Waals surface area contributed by atoms with E-state index in [1.54, 1.807) is 24.0 Å². The molecule has 0 unspecified atom stereocenters. The maximum atomic E-state index is 12.5. The van der Waals surface area contributed by atoms with Crippen molar-refractivity contribution in [3.05, 3.63) is 28.4 Å². The zero-order valence-corrected chi connectivity index (χ0v) is 8.92. The third-order valence-electron chi connectivity index (χ3n) is 1.97. The summed E-state index contributed by atoms with van der Waals surface area (Å²) in [4.78, 5) is 0. The minimum absolute atomic E-state index is 0.0174. The summed E-state index contributed by atoms with van der Waals surface area (Å²) in [5, 5.41) is 4.91. The molecule has 0 aliphatic rings. The van der Waals surface area contributed by atoms with Gasteiger partial charge in [0.15, 0.2) is 0 Å². The van der Waals surface area contributed by atoms with E-state index in [0.717, 1.165) is 5.39 Å². The summed E-state index contributed by atoms with van der Waals surface area (Å²) in [6.45, 7) is 0. The number of nitrogens with zero attached hydrogens (tertiary/aromatic N) is 2. The highest BCUT2D eigenvalue weighted by Crippen LogP contribution is 2.30. The monoisotopic (exact) mass is 260 g/mol. The summed E-state index contributed by atoms with van der Waals surface area (Å²) in [6, 6.07) is 3.06. The zero-order chi connectivity index (χ0) is 10.3. The van der Waals surface area contributed by atoms with Crippen LogP contribution in [0.3, 0.4) is 0 Å². The highest BCUT2D eigenvalue weighted by molar-refractivity contribution is 9.10. The molecule has 2 nitrogen and oxygen atoms in total. The van der Waals surface area contributed by atoms with Gasteiger partial charge in [0.1, 0.15) is 0 Å². The van der Waals surface area contributed by atoms with Gasteiger partial charge in [-0.25, -0.2) is 8.78 Å². The van der Waals surface area contributed by atoms with Gasteiger partial charge in [0.05, 0.1) is 5.52 Å². The summed E-state index contributed by atoms with van der Waals surface area (Å²) < 4.78 is 27.0. The zero-order valence-electron chi connectivity index (χ0n) is 7.34. The van der Waals surface area contributed by atoms with Crippen molar-refractivity contribution in [1.29, 1.82) is 0 Å². The van der Waals surface area contributed by atoms with Crippen molar-refractivity contribution in [1.82, 2.24) is 9.78 Å². The van der Waals surface area contributed by atoms with E-state index in [1.807, 2.05) is 0 Å². The molecule has 0 radical (unpaired) electrons. The van der Waals surface area contributed by atoms with Crippen LogP contribution in [0.5, 0.6) is 0 Å². The van der Waals surface area contributed by atoms with Crippen molar-refractivity contribution in [2.75, 3.05) is 0 Å². The largest absolute Gasteiger partial charge is 0.275 e. The van der Waals surface area contributed by atoms with E-state index in [-0.39, 0.29) is 5.56 Å². The molecule has 1 aromatic carbocycles. The normalized spacial score (nSPS) is 11.5. The van der Waals surface area contributed by atoms with Crippen LogP contribution in [-0.4, -0.2) is 9.78 Å². The van der Waals surface area contributed by atoms with Crippen molar-refractivity contribution in [3.8, 4) is 0 Å². The first kappa shape index (κ1) is 9.58. The van der Waals surface area contributed by atoms with E-state index in [4.69, 9.17) is 0 Å². The first-order valence-corrected chi connectivity index (χ1v) is 4.78. The molecule has 0 amide bonds. The van der Waals surface area contributed by atoms with Crippen LogP contribution in [0.15, 0.2) is 22.8 Å². The van der Waals surface area contributed by atoms with Gasteiger partial charge in [-0.1, -0.05) is 15.9 Å². The topological polar surface area (TPSA) is 17.8 Å². The second-order valence-electron chi connectivity index (χ2n) is 3.04. The molecule has 2 aromatic rings. The lowest BCUT2D eigenvalue weighted by atomic mass is 10.2. The fourth-order valence-corrected chi connectivity index (χ4v) is 1.88. The Bertz CT molecular complexity index is 479. The number of aryl methyl sites for hydroxylation is 1. The average Bonchev–Trinajstić information content (AvgIpc) is 2.42. The lowest BCUT2D eigenvalue weighted by molar-refractivity contribution is 0.150. The van der Waals surface area contributed by atoms with Crippen LogP contribution in [0.4, 0.5) is 8.78 Å². The fourth-order valence-electron chi connectivity index (χ4n) is 1.35. The number of hydrogen-bond acceptors (Lipinski definition) is 1. The average molecular weight is 261 g/mol. The third kappa shape index (κ3) is 1.52. The van der Waals surface area contributed by atoms with Crippen molar-refractivity contribution in [2.24, 2.45) is 7.05 Å². The summed E-state index contributed by atoms with van der Waals surface area (Å²) in [6.07, 6.45) is -0.689. The van der Waals surface area contributed by atoms with E-state index in [0.29, 0.717) is 9.99 Å². The second kappa shape index (κ2) is 3.31. The fraction of sp³-hybridized carbons (Fsp3) is 0.222. The number of fused-ring (bicyclic) bond motifs is 1. The molecule has 1 aromatic heterocycles. The molecule has 1 heterocycles. The quantitative estimate of drug-likeness (QED) is 0.770. The molecule has 0 N–H and O–H groups in total. The van der Waals surface area contributed by atoms with Crippen LogP contribution in [0, 0.1) is 0 Å². The van der Waals surface area contributed by atoms with E-state index in [2.05, 4.69) is 21.0 Å². The smallest absolute Gasteiger partial charge is 0.265 e. The second-order valence-corrected chi connectivity index (χ2v) is 3.89. The summed E-state index contributed by atoms with van der Waals surface area (Å²) >= 11 is 3.11. The van der Waals surface area contributed by atoms with Crippen LogP contribution >= 0.6 is 15.9 Å². The number of halogens is 3. The van der Waals surface area contributed by atoms with Gasteiger partial charge in [-0.05, 0) is 12.1 Å². The van der Waals surface area contributed by atoms with E-state index >= 15 is 0 Å². The predicted molar refractivity (Wildman–Crippen MR) is 53.4 cm³/mol. The highest BCUT2D eigenvalue weighted by Gasteiger charge is 2.13. The Balaban J connectivity index is 2.70. The van der Waals surface area contributed by atoms with Crippen molar-refractivity contribution >= 4 is 26.8 Å². The summed E-state index contributed by atoms with van der Waals surface area (Å²) in [7, 11) is 1.76. The van der Waals surface area contributed by atoms with Gasteiger partial charge in [0, 0.05) is 28.7 Å². The highest BCUT2D eigenvalue weighted by atomic mass is 79.9. The molecule has 74 valence electrons. The third-order valence-corrected chi connectivity index (χ3v) is 2.66. The molecule has 0 saturated carbocycles. The first-order valence-electron chi connectivity index (χ1n) is 3.99. The van der Waals surface area contributed by atoms with Gasteiger partial charge >= 0.3 is 0 Å². The maximum absolute atomic E-state index is 12.5. The van der Waals surface area contributed by atoms with Gasteiger partial charge in [0.25, 0.3) is 6.43 Å². The number of hydrogen-bond donors (Lipinski definition) is 0. The van der Waals surface area contributed by atoms with Crippen LogP contribution < -0.4 is 0 Å². The van der Waals surface area contributed by atoms with Crippen molar-refractivity contribution in [2.45, 2.75) is 6.43 Å². The lowest BCUT2D eigenvalue weighted by Gasteiger charge is -2.01. The SMILES string of the molecule is Cn1cc2cc(Br)c(C(F)F)cc2n1. The summed E-state index contributed by atoms with van der Waals surface area (Å²) in [5.74, 6) is 0. The molecule has 0 aliphatic heterocycles. The maximum Gasteiger partial charge on any atom is 0.265 e. The Morgan fingerprint density at radius 1 is 1.43 bits per heavy atom. The molecular weight excluding hydrogens is 254 g/mol. The number of benzene rings is 1. The van der Waals surface area contributed by atoms with Crippen LogP contribution in [0.25, 0.3) is 10.9 Å². The molecule has 0 atom stereocenters. The van der Waals surface area contributed by atoms with E-state index < -0.39 is 6.43 Å². The molecule has 14 heavy (non-hydrogen) atoms. The Morgan fingerprint density at radius 3 is 2.79 bits per heavy atom. The predicted octanol–water partition coefficient (Wildman–Crippen LogP) is 3.27. The molecule has 0 aliphatic carbocycles. The summed E-state index contributed by atoms with van der Waals surface area (Å²) in [5.41, 5.74) is 0.571. The standard InChI is InChI=1S/C9H7BrF2N2/c1-14-4-5-2-7(10)6(9(11)12)3-8(5)13-14/h2-4,9H,1H3. The molecular formula is C9H7BrF2N2. The first-order chi connectivity index (χ1) is 6.58. The molecule has 0 spiro atoms. The number of aromatic nitrogens is 2. The number of rotatable bonds is 1. The van der Waals surface area contributed by atoms with Gasteiger partial charge in [-0.2, -0.15) is 5.10 Å². The Kier molecular flexibility index (Phi) is 2.26. The van der Waals surface area contributed by atoms with Gasteiger partial charge in [0.2, 0.25) is 0 Å². The molecule has 0 bridgehead atoms. The minimum Gasteiger partial charge on any atom is -0.275 e. The molecule has 0 fully saturated rings. The minimum atomic E-state index is -2.48. The van der Waals surface area contributed by atoms with Crippen LogP contribution in [0.1, 0.15) is 12.0 Å². The van der Waals surface area contributed by atoms with Gasteiger partial charge in [-0.3, -0.25) is 4.68 Å². The Hall–Kier alpha value is -0.970. The van der Waals surface area contributed by atoms with Gasteiger partial charge in [-0.15, -0.1) is 0 Å².